The molecule has 6 heteroatoms. The SMILES string of the molecule is CNC(=O)ON=C(C(=O)N(C)C)C(C)(C)C. The van der Waals surface area contributed by atoms with E-state index in [0.717, 1.165) is 0 Å². The second kappa shape index (κ2) is 5.48. The third-order valence-electron chi connectivity index (χ3n) is 1.74. The molecule has 0 aliphatic rings. The molecule has 0 aromatic carbocycles. The number of carbonyl (C=O) groups excluding carboxylic acids is 2. The minimum Gasteiger partial charge on any atom is -0.344 e. The van der Waals surface area contributed by atoms with Crippen molar-refractivity contribution < 1.29 is 14.4 Å². The zero-order valence-electron chi connectivity index (χ0n) is 10.6. The van der Waals surface area contributed by atoms with E-state index in [9.17, 15) is 9.59 Å². The lowest BCUT2D eigenvalue weighted by molar-refractivity contribution is -0.122. The standard InChI is InChI=1S/C10H19N3O3/c1-10(2,3)7(8(14)13(5)6)12-16-9(15)11-4/h1-6H3,(H,11,15). The predicted molar refractivity (Wildman–Crippen MR) is 61.1 cm³/mol. The second-order valence-electron chi connectivity index (χ2n) is 4.52. The topological polar surface area (TPSA) is 71.0 Å². The van der Waals surface area contributed by atoms with Crippen LogP contribution in [0.4, 0.5) is 4.79 Å². The number of oxime groups is 1. The summed E-state index contributed by atoms with van der Waals surface area (Å²) in [4.78, 5) is 28.6. The van der Waals surface area contributed by atoms with Crippen molar-refractivity contribution in [3.8, 4) is 0 Å². The van der Waals surface area contributed by atoms with Crippen molar-refractivity contribution in [1.29, 1.82) is 0 Å². The van der Waals surface area contributed by atoms with Gasteiger partial charge in [-0.2, -0.15) is 0 Å². The maximum absolute atomic E-state index is 11.8. The van der Waals surface area contributed by atoms with E-state index >= 15 is 0 Å². The van der Waals surface area contributed by atoms with Crippen molar-refractivity contribution >= 4 is 17.7 Å². The molecule has 16 heavy (non-hydrogen) atoms. The summed E-state index contributed by atoms with van der Waals surface area (Å²) in [7, 11) is 4.65. The average Bonchev–Trinajstić information content (AvgIpc) is 2.15. The fraction of sp³-hybridized carbons (Fsp3) is 0.700. The van der Waals surface area contributed by atoms with Gasteiger partial charge in [-0.05, 0) is 0 Å². The number of rotatable bonds is 2. The molecule has 0 saturated heterocycles. The molecule has 0 unspecified atom stereocenters. The third-order valence-corrected chi connectivity index (χ3v) is 1.74. The van der Waals surface area contributed by atoms with Crippen molar-refractivity contribution in [3.63, 3.8) is 0 Å². The molecule has 0 heterocycles. The van der Waals surface area contributed by atoms with Crippen LogP contribution in [0, 0.1) is 5.41 Å². The normalized spacial score (nSPS) is 12.0. The van der Waals surface area contributed by atoms with Gasteiger partial charge in [0, 0.05) is 26.6 Å². The fourth-order valence-electron chi connectivity index (χ4n) is 0.841. The summed E-state index contributed by atoms with van der Waals surface area (Å²) in [6, 6.07) is 0. The first kappa shape index (κ1) is 14.4. The van der Waals surface area contributed by atoms with Gasteiger partial charge in [0.25, 0.3) is 5.91 Å². The number of hydrogen-bond donors (Lipinski definition) is 1. The van der Waals surface area contributed by atoms with Gasteiger partial charge >= 0.3 is 6.09 Å². The van der Waals surface area contributed by atoms with E-state index in [1.807, 2.05) is 20.8 Å². The van der Waals surface area contributed by atoms with Gasteiger partial charge in [-0.3, -0.25) is 9.63 Å². The summed E-state index contributed by atoms with van der Waals surface area (Å²) in [5.74, 6) is -0.281. The molecule has 0 aromatic heterocycles. The van der Waals surface area contributed by atoms with E-state index in [-0.39, 0.29) is 11.6 Å². The maximum atomic E-state index is 11.8. The van der Waals surface area contributed by atoms with Crippen LogP contribution in [-0.4, -0.2) is 43.8 Å². The lowest BCUT2D eigenvalue weighted by atomic mass is 9.89. The van der Waals surface area contributed by atoms with Crippen LogP contribution in [0.1, 0.15) is 20.8 Å². The zero-order valence-corrected chi connectivity index (χ0v) is 10.6. The van der Waals surface area contributed by atoms with Crippen LogP contribution >= 0.6 is 0 Å². The Morgan fingerprint density at radius 1 is 1.25 bits per heavy atom. The number of nitrogens with one attached hydrogen (secondary N) is 1. The monoisotopic (exact) mass is 229 g/mol. The molecule has 1 N–H and O–H groups in total. The average molecular weight is 229 g/mol. The van der Waals surface area contributed by atoms with Crippen molar-refractivity contribution in [2.45, 2.75) is 20.8 Å². The molecule has 0 aliphatic heterocycles. The van der Waals surface area contributed by atoms with Crippen molar-refractivity contribution in [3.05, 3.63) is 0 Å². The molecule has 2 amide bonds. The minimum absolute atomic E-state index is 0.195. The van der Waals surface area contributed by atoms with Gasteiger partial charge in [-0.1, -0.05) is 25.9 Å². The molecule has 0 atom stereocenters. The molecule has 0 saturated carbocycles. The van der Waals surface area contributed by atoms with Crippen molar-refractivity contribution in [2.75, 3.05) is 21.1 Å². The summed E-state index contributed by atoms with van der Waals surface area (Å²) in [6.07, 6.45) is -0.701. The Bertz CT molecular complexity index is 303. The molecule has 6 nitrogen and oxygen atoms in total. The molecule has 0 rings (SSSR count). The maximum Gasteiger partial charge on any atom is 0.433 e. The summed E-state index contributed by atoms with van der Waals surface area (Å²) in [5.41, 5.74) is -0.295. The Balaban J connectivity index is 4.97. The van der Waals surface area contributed by atoms with Gasteiger partial charge in [-0.15, -0.1) is 0 Å². The van der Waals surface area contributed by atoms with Crippen LogP contribution in [0.2, 0.25) is 0 Å². The molecule has 0 bridgehead atoms. The Labute approximate surface area is 95.6 Å². The van der Waals surface area contributed by atoms with Gasteiger partial charge in [0.05, 0.1) is 0 Å². The van der Waals surface area contributed by atoms with Gasteiger partial charge < -0.3 is 10.2 Å². The fourth-order valence-corrected chi connectivity index (χ4v) is 0.841. The largest absolute Gasteiger partial charge is 0.433 e. The number of nitrogens with zero attached hydrogens (tertiary/aromatic N) is 2. The molecule has 0 aliphatic carbocycles. The Kier molecular flexibility index (Phi) is 4.94. The zero-order chi connectivity index (χ0) is 12.9. The van der Waals surface area contributed by atoms with Gasteiger partial charge in [0.1, 0.15) is 0 Å². The molecular weight excluding hydrogens is 210 g/mol. The van der Waals surface area contributed by atoms with Crippen LogP contribution in [0.15, 0.2) is 5.16 Å². The van der Waals surface area contributed by atoms with Gasteiger partial charge in [0.2, 0.25) is 0 Å². The van der Waals surface area contributed by atoms with E-state index in [2.05, 4.69) is 15.3 Å². The van der Waals surface area contributed by atoms with Gasteiger partial charge in [-0.25, -0.2) is 4.79 Å². The minimum atomic E-state index is -0.701. The summed E-state index contributed by atoms with van der Waals surface area (Å²) in [5, 5.41) is 5.85. The summed E-state index contributed by atoms with van der Waals surface area (Å²) in [6.45, 7) is 5.46. The molecule has 92 valence electrons. The molecule has 0 aromatic rings. The number of amides is 2. The Hall–Kier alpha value is -1.59. The van der Waals surface area contributed by atoms with Gasteiger partial charge in [0.15, 0.2) is 5.71 Å². The van der Waals surface area contributed by atoms with Crippen LogP contribution in [0.25, 0.3) is 0 Å². The highest BCUT2D eigenvalue weighted by Gasteiger charge is 2.28. The van der Waals surface area contributed by atoms with Crippen molar-refractivity contribution in [1.82, 2.24) is 10.2 Å². The lowest BCUT2D eigenvalue weighted by Gasteiger charge is -2.22. The van der Waals surface area contributed by atoms with E-state index in [1.54, 1.807) is 14.1 Å². The van der Waals surface area contributed by atoms with E-state index in [4.69, 9.17) is 0 Å². The van der Waals surface area contributed by atoms with Crippen LogP contribution < -0.4 is 5.32 Å². The number of carbonyl (C=O) groups is 2. The van der Waals surface area contributed by atoms with E-state index < -0.39 is 11.5 Å². The molecular formula is C10H19N3O3. The summed E-state index contributed by atoms with van der Waals surface area (Å²) >= 11 is 0. The Morgan fingerprint density at radius 2 is 1.75 bits per heavy atom. The molecule has 0 spiro atoms. The smallest absolute Gasteiger partial charge is 0.344 e. The first-order valence-electron chi connectivity index (χ1n) is 4.89. The highest BCUT2D eigenvalue weighted by molar-refractivity contribution is 6.40. The van der Waals surface area contributed by atoms with E-state index in [0.29, 0.717) is 0 Å². The van der Waals surface area contributed by atoms with Crippen LogP contribution in [0.3, 0.4) is 0 Å². The second-order valence-corrected chi connectivity index (χ2v) is 4.52. The predicted octanol–water partition coefficient (Wildman–Crippen LogP) is 0.833. The molecule has 0 fully saturated rings. The van der Waals surface area contributed by atoms with Crippen LogP contribution in [0.5, 0.6) is 0 Å². The summed E-state index contributed by atoms with van der Waals surface area (Å²) < 4.78 is 0. The van der Waals surface area contributed by atoms with Crippen molar-refractivity contribution in [2.24, 2.45) is 10.6 Å². The first-order chi connectivity index (χ1) is 7.20. The highest BCUT2D eigenvalue weighted by atomic mass is 16.7. The quantitative estimate of drug-likeness (QED) is 0.433. The third kappa shape index (κ3) is 4.29. The van der Waals surface area contributed by atoms with Crippen LogP contribution in [-0.2, 0) is 9.63 Å². The highest BCUT2D eigenvalue weighted by Crippen LogP contribution is 2.17. The molecule has 0 radical (unpaired) electrons. The lowest BCUT2D eigenvalue weighted by Crippen LogP contribution is -2.38. The Morgan fingerprint density at radius 3 is 2.06 bits per heavy atom. The number of hydrogen-bond acceptors (Lipinski definition) is 4. The first-order valence-corrected chi connectivity index (χ1v) is 4.89. The van der Waals surface area contributed by atoms with E-state index in [1.165, 1.54) is 11.9 Å².